The second kappa shape index (κ2) is 4.99. The number of fused-ring (bicyclic) bond motifs is 2. The Hall–Kier alpha value is -3.07. The van der Waals surface area contributed by atoms with Crippen LogP contribution in [-0.4, -0.2) is 10.9 Å². The summed E-state index contributed by atoms with van der Waals surface area (Å²) < 4.78 is 5.65. The van der Waals surface area contributed by atoms with Crippen molar-refractivity contribution >= 4 is 27.5 Å². The van der Waals surface area contributed by atoms with Crippen molar-refractivity contribution < 1.29 is 14.3 Å². The van der Waals surface area contributed by atoms with Gasteiger partial charge in [-0.05, 0) is 42.0 Å². The zero-order valence-electron chi connectivity index (χ0n) is 12.5. The number of phenolic OH excluding ortho intramolecular Hbond substituents is 1. The molecule has 0 aliphatic rings. The molecule has 4 rings (SSSR count). The van der Waals surface area contributed by atoms with E-state index in [9.17, 15) is 9.90 Å². The van der Waals surface area contributed by atoms with Gasteiger partial charge >= 0.3 is 0 Å². The Morgan fingerprint density at radius 1 is 0.957 bits per heavy atom. The molecule has 0 spiro atoms. The number of aromatic hydroxyl groups is 1. The van der Waals surface area contributed by atoms with Gasteiger partial charge in [0, 0.05) is 10.9 Å². The van der Waals surface area contributed by atoms with Gasteiger partial charge in [0.2, 0.25) is 0 Å². The van der Waals surface area contributed by atoms with E-state index in [-0.39, 0.29) is 11.5 Å². The molecule has 4 aromatic rings. The lowest BCUT2D eigenvalue weighted by Gasteiger charge is -2.03. The van der Waals surface area contributed by atoms with E-state index in [0.29, 0.717) is 27.9 Å². The Labute approximate surface area is 132 Å². The molecule has 0 saturated carbocycles. The van der Waals surface area contributed by atoms with Crippen molar-refractivity contribution in [3.05, 3.63) is 77.6 Å². The number of phenols is 1. The van der Waals surface area contributed by atoms with E-state index in [0.717, 1.165) is 10.8 Å². The van der Waals surface area contributed by atoms with Crippen LogP contribution in [-0.2, 0) is 0 Å². The highest BCUT2D eigenvalue weighted by molar-refractivity contribution is 6.17. The first-order chi connectivity index (χ1) is 11.1. The lowest BCUT2D eigenvalue weighted by atomic mass is 9.98. The summed E-state index contributed by atoms with van der Waals surface area (Å²) in [7, 11) is 0. The zero-order chi connectivity index (χ0) is 16.0. The number of aryl methyl sites for hydroxylation is 1. The molecule has 3 nitrogen and oxygen atoms in total. The van der Waals surface area contributed by atoms with Crippen LogP contribution in [0.2, 0.25) is 0 Å². The van der Waals surface area contributed by atoms with Gasteiger partial charge in [0.05, 0.1) is 5.56 Å². The van der Waals surface area contributed by atoms with E-state index in [4.69, 9.17) is 4.42 Å². The highest BCUT2D eigenvalue weighted by atomic mass is 16.3. The molecule has 3 heteroatoms. The smallest absolute Gasteiger partial charge is 0.197 e. The van der Waals surface area contributed by atoms with Crippen LogP contribution in [0.3, 0.4) is 0 Å². The van der Waals surface area contributed by atoms with Crippen LogP contribution < -0.4 is 0 Å². The minimum absolute atomic E-state index is 0.0994. The fourth-order valence-corrected chi connectivity index (χ4v) is 2.97. The van der Waals surface area contributed by atoms with Gasteiger partial charge in [-0.15, -0.1) is 0 Å². The first kappa shape index (κ1) is 13.6. The number of hydrogen-bond acceptors (Lipinski definition) is 3. The number of benzene rings is 3. The molecule has 1 heterocycles. The summed E-state index contributed by atoms with van der Waals surface area (Å²) in [5, 5.41) is 12.5. The highest BCUT2D eigenvalue weighted by Gasteiger charge is 2.20. The third-order valence-corrected chi connectivity index (χ3v) is 4.09. The van der Waals surface area contributed by atoms with Crippen LogP contribution in [0, 0.1) is 6.92 Å². The Morgan fingerprint density at radius 3 is 2.57 bits per heavy atom. The van der Waals surface area contributed by atoms with Gasteiger partial charge in [0.1, 0.15) is 17.1 Å². The van der Waals surface area contributed by atoms with Gasteiger partial charge in [-0.25, -0.2) is 0 Å². The van der Waals surface area contributed by atoms with Gasteiger partial charge in [0.15, 0.2) is 5.78 Å². The summed E-state index contributed by atoms with van der Waals surface area (Å²) in [5.41, 5.74) is 1.72. The van der Waals surface area contributed by atoms with E-state index in [1.54, 1.807) is 25.1 Å². The second-order valence-electron chi connectivity index (χ2n) is 5.60. The summed E-state index contributed by atoms with van der Waals surface area (Å²) in [6.45, 7) is 1.77. The molecule has 0 aliphatic heterocycles. The van der Waals surface area contributed by atoms with Gasteiger partial charge in [-0.3, -0.25) is 4.79 Å². The highest BCUT2D eigenvalue weighted by Crippen LogP contribution is 2.31. The third-order valence-electron chi connectivity index (χ3n) is 4.09. The number of rotatable bonds is 2. The van der Waals surface area contributed by atoms with Crippen LogP contribution in [0.25, 0.3) is 21.7 Å². The molecule has 0 aliphatic carbocycles. The summed E-state index contributed by atoms with van der Waals surface area (Å²) in [4.78, 5) is 13.0. The number of furan rings is 1. The van der Waals surface area contributed by atoms with Gasteiger partial charge in [-0.1, -0.05) is 36.4 Å². The maximum Gasteiger partial charge on any atom is 0.197 e. The minimum Gasteiger partial charge on any atom is -0.508 e. The van der Waals surface area contributed by atoms with Gasteiger partial charge in [0.25, 0.3) is 0 Å². The summed E-state index contributed by atoms with van der Waals surface area (Å²) in [6.07, 6.45) is 0. The van der Waals surface area contributed by atoms with E-state index < -0.39 is 0 Å². The van der Waals surface area contributed by atoms with Crippen molar-refractivity contribution in [2.45, 2.75) is 6.92 Å². The quantitative estimate of drug-likeness (QED) is 0.539. The molecule has 23 heavy (non-hydrogen) atoms. The molecule has 0 fully saturated rings. The molecule has 112 valence electrons. The lowest BCUT2D eigenvalue weighted by Crippen LogP contribution is -2.02. The maximum atomic E-state index is 13.0. The molecule has 0 unspecified atom stereocenters. The minimum atomic E-state index is -0.0994. The number of carbonyl (C=O) groups is 1. The fraction of sp³-hybridized carbons (Fsp3) is 0.0500. The number of ketones is 1. The molecule has 1 N–H and O–H groups in total. The van der Waals surface area contributed by atoms with Crippen molar-refractivity contribution in [3.63, 3.8) is 0 Å². The molecule has 1 aromatic heterocycles. The van der Waals surface area contributed by atoms with E-state index in [1.807, 2.05) is 42.5 Å². The summed E-state index contributed by atoms with van der Waals surface area (Å²) >= 11 is 0. The first-order valence-electron chi connectivity index (χ1n) is 7.39. The standard InChI is InChI=1S/C20H14O3/c1-12-19(17-11-16(21)8-9-18(17)23-12)20(22)15-7-6-13-4-2-3-5-14(13)10-15/h2-11,21H,1H3. The van der Waals surface area contributed by atoms with E-state index >= 15 is 0 Å². The average Bonchev–Trinajstić information content (AvgIpc) is 2.89. The van der Waals surface area contributed by atoms with Crippen LogP contribution in [0.5, 0.6) is 5.75 Å². The Bertz CT molecular complexity index is 1060. The van der Waals surface area contributed by atoms with E-state index in [1.165, 1.54) is 0 Å². The van der Waals surface area contributed by atoms with Crippen molar-refractivity contribution in [2.24, 2.45) is 0 Å². The Balaban J connectivity index is 1.90. The molecule has 3 aromatic carbocycles. The monoisotopic (exact) mass is 302 g/mol. The molecule has 0 atom stereocenters. The van der Waals surface area contributed by atoms with Gasteiger partial charge in [-0.2, -0.15) is 0 Å². The third kappa shape index (κ3) is 2.18. The van der Waals surface area contributed by atoms with E-state index in [2.05, 4.69) is 0 Å². The van der Waals surface area contributed by atoms with Crippen LogP contribution >= 0.6 is 0 Å². The van der Waals surface area contributed by atoms with Crippen molar-refractivity contribution in [1.82, 2.24) is 0 Å². The fourth-order valence-electron chi connectivity index (χ4n) is 2.97. The molecule has 0 bridgehead atoms. The predicted octanol–water partition coefficient (Wildman–Crippen LogP) is 4.83. The normalized spacial score (nSPS) is 11.2. The first-order valence-corrected chi connectivity index (χ1v) is 7.39. The zero-order valence-corrected chi connectivity index (χ0v) is 12.5. The average molecular weight is 302 g/mol. The number of hydrogen-bond donors (Lipinski definition) is 1. The lowest BCUT2D eigenvalue weighted by molar-refractivity contribution is 0.103. The van der Waals surface area contributed by atoms with Crippen molar-refractivity contribution in [2.75, 3.05) is 0 Å². The molecular weight excluding hydrogens is 288 g/mol. The van der Waals surface area contributed by atoms with Crippen LogP contribution in [0.4, 0.5) is 0 Å². The Kier molecular flexibility index (Phi) is 2.95. The number of carbonyl (C=O) groups excluding carboxylic acids is 1. The molecule has 0 amide bonds. The molecular formula is C20H14O3. The predicted molar refractivity (Wildman–Crippen MR) is 90.0 cm³/mol. The van der Waals surface area contributed by atoms with Crippen LogP contribution in [0.15, 0.2) is 65.1 Å². The maximum absolute atomic E-state index is 13.0. The Morgan fingerprint density at radius 2 is 1.74 bits per heavy atom. The van der Waals surface area contributed by atoms with Gasteiger partial charge < -0.3 is 9.52 Å². The van der Waals surface area contributed by atoms with Crippen molar-refractivity contribution in [3.8, 4) is 5.75 Å². The van der Waals surface area contributed by atoms with Crippen LogP contribution in [0.1, 0.15) is 21.7 Å². The topological polar surface area (TPSA) is 50.4 Å². The SMILES string of the molecule is Cc1oc2ccc(O)cc2c1C(=O)c1ccc2ccccc2c1. The van der Waals surface area contributed by atoms with Crippen molar-refractivity contribution in [1.29, 1.82) is 0 Å². The summed E-state index contributed by atoms with van der Waals surface area (Å²) in [6, 6.07) is 18.4. The summed E-state index contributed by atoms with van der Waals surface area (Å²) in [5.74, 6) is 0.576. The molecule has 0 saturated heterocycles. The largest absolute Gasteiger partial charge is 0.508 e. The molecule has 0 radical (unpaired) electrons. The second-order valence-corrected chi connectivity index (χ2v) is 5.60.